The SMILES string of the molecule is COc1ccc(Cl)cc1NC(=O)CCN(C1CC1)C1CCc2ccccc21. The topological polar surface area (TPSA) is 41.6 Å². The van der Waals surface area contributed by atoms with Gasteiger partial charge in [-0.15, -0.1) is 0 Å². The molecule has 0 radical (unpaired) electrons. The second kappa shape index (κ2) is 7.91. The van der Waals surface area contributed by atoms with E-state index in [1.54, 1.807) is 25.3 Å². The first kappa shape index (κ1) is 18.3. The van der Waals surface area contributed by atoms with E-state index < -0.39 is 0 Å². The van der Waals surface area contributed by atoms with Gasteiger partial charge < -0.3 is 10.1 Å². The molecule has 0 heterocycles. The van der Waals surface area contributed by atoms with Crippen molar-refractivity contribution in [2.45, 2.75) is 44.2 Å². The molecule has 1 atom stereocenters. The summed E-state index contributed by atoms with van der Waals surface area (Å²) in [7, 11) is 1.59. The maximum absolute atomic E-state index is 12.6. The number of hydrogen-bond donors (Lipinski definition) is 1. The minimum Gasteiger partial charge on any atom is -0.495 e. The second-order valence-corrected chi connectivity index (χ2v) is 7.80. The summed E-state index contributed by atoms with van der Waals surface area (Å²) < 4.78 is 5.31. The molecule has 4 rings (SSSR count). The van der Waals surface area contributed by atoms with E-state index >= 15 is 0 Å². The van der Waals surface area contributed by atoms with Crippen molar-refractivity contribution >= 4 is 23.2 Å². The van der Waals surface area contributed by atoms with Crippen molar-refractivity contribution in [3.05, 3.63) is 58.6 Å². The van der Waals surface area contributed by atoms with Crippen molar-refractivity contribution in [2.24, 2.45) is 0 Å². The molecule has 2 aromatic rings. The lowest BCUT2D eigenvalue weighted by Crippen LogP contribution is -2.33. The zero-order valence-corrected chi connectivity index (χ0v) is 16.3. The van der Waals surface area contributed by atoms with Gasteiger partial charge in [-0.25, -0.2) is 0 Å². The summed E-state index contributed by atoms with van der Waals surface area (Å²) in [4.78, 5) is 15.1. The van der Waals surface area contributed by atoms with Gasteiger partial charge in [0.2, 0.25) is 5.91 Å². The molecule has 1 amide bonds. The van der Waals surface area contributed by atoms with Gasteiger partial charge in [-0.1, -0.05) is 35.9 Å². The molecule has 0 saturated heterocycles. The van der Waals surface area contributed by atoms with Crippen LogP contribution in [-0.4, -0.2) is 30.5 Å². The van der Waals surface area contributed by atoms with E-state index in [0.29, 0.717) is 35.0 Å². The minimum absolute atomic E-state index is 0.00695. The third kappa shape index (κ3) is 4.12. The fourth-order valence-corrected chi connectivity index (χ4v) is 4.27. The Morgan fingerprint density at radius 2 is 2.04 bits per heavy atom. The van der Waals surface area contributed by atoms with Gasteiger partial charge in [-0.05, 0) is 55.0 Å². The highest BCUT2D eigenvalue weighted by molar-refractivity contribution is 6.31. The Kier molecular flexibility index (Phi) is 5.37. The average molecular weight is 385 g/mol. The standard InChI is InChI=1S/C22H25ClN2O2/c1-27-21-11-7-16(23)14-19(21)24-22(26)12-13-25(17-8-9-17)20-10-6-15-4-2-3-5-18(15)20/h2-5,7,11,14,17,20H,6,8-10,12-13H2,1H3,(H,24,26). The van der Waals surface area contributed by atoms with E-state index in [9.17, 15) is 4.79 Å². The van der Waals surface area contributed by atoms with Crippen LogP contribution in [0.4, 0.5) is 5.69 Å². The van der Waals surface area contributed by atoms with E-state index in [0.717, 1.165) is 19.4 Å². The first-order chi connectivity index (χ1) is 13.2. The number of nitrogens with zero attached hydrogens (tertiary/aromatic N) is 1. The van der Waals surface area contributed by atoms with Crippen LogP contribution in [0.2, 0.25) is 5.02 Å². The van der Waals surface area contributed by atoms with Crippen molar-refractivity contribution < 1.29 is 9.53 Å². The molecule has 27 heavy (non-hydrogen) atoms. The maximum atomic E-state index is 12.6. The number of rotatable bonds is 7. The van der Waals surface area contributed by atoms with Crippen LogP contribution in [0.25, 0.3) is 0 Å². The second-order valence-electron chi connectivity index (χ2n) is 7.37. The molecule has 1 saturated carbocycles. The van der Waals surface area contributed by atoms with E-state index in [1.807, 2.05) is 0 Å². The molecule has 0 bridgehead atoms. The molecule has 2 aromatic carbocycles. The average Bonchev–Trinajstić information content (AvgIpc) is 3.42. The number of carbonyl (C=O) groups excluding carboxylic acids is 1. The van der Waals surface area contributed by atoms with Gasteiger partial charge in [0.05, 0.1) is 12.8 Å². The number of ether oxygens (including phenoxy) is 1. The summed E-state index contributed by atoms with van der Waals surface area (Å²) in [5.41, 5.74) is 3.53. The van der Waals surface area contributed by atoms with Gasteiger partial charge in [0.1, 0.15) is 5.75 Å². The van der Waals surface area contributed by atoms with Crippen molar-refractivity contribution in [1.29, 1.82) is 0 Å². The largest absolute Gasteiger partial charge is 0.495 e. The Bertz CT molecular complexity index is 835. The van der Waals surface area contributed by atoms with Gasteiger partial charge in [0, 0.05) is 30.1 Å². The van der Waals surface area contributed by atoms with Gasteiger partial charge in [-0.2, -0.15) is 0 Å². The van der Waals surface area contributed by atoms with Crippen LogP contribution in [0.1, 0.15) is 42.9 Å². The number of hydrogen-bond acceptors (Lipinski definition) is 3. The monoisotopic (exact) mass is 384 g/mol. The molecule has 1 fully saturated rings. The molecular weight excluding hydrogens is 360 g/mol. The van der Waals surface area contributed by atoms with Gasteiger partial charge in [0.25, 0.3) is 0 Å². The number of methoxy groups -OCH3 is 1. The summed E-state index contributed by atoms with van der Waals surface area (Å²) in [5, 5.41) is 3.53. The molecule has 1 N–H and O–H groups in total. The summed E-state index contributed by atoms with van der Waals surface area (Å²) in [6.45, 7) is 0.776. The summed E-state index contributed by atoms with van der Waals surface area (Å²) in [6, 6.07) is 15.0. The van der Waals surface area contributed by atoms with Gasteiger partial charge >= 0.3 is 0 Å². The van der Waals surface area contributed by atoms with Crippen LogP contribution in [0.15, 0.2) is 42.5 Å². The predicted molar refractivity (Wildman–Crippen MR) is 108 cm³/mol. The molecule has 0 aromatic heterocycles. The molecule has 2 aliphatic rings. The fraction of sp³-hybridized carbons (Fsp3) is 0.409. The van der Waals surface area contributed by atoms with Crippen molar-refractivity contribution in [3.63, 3.8) is 0 Å². The third-order valence-corrected chi connectivity index (χ3v) is 5.79. The van der Waals surface area contributed by atoms with Crippen LogP contribution >= 0.6 is 11.6 Å². The highest BCUT2D eigenvalue weighted by atomic mass is 35.5. The highest BCUT2D eigenvalue weighted by Gasteiger charge is 2.37. The van der Waals surface area contributed by atoms with Crippen LogP contribution < -0.4 is 10.1 Å². The van der Waals surface area contributed by atoms with Crippen LogP contribution in [0, 0.1) is 0 Å². The molecular formula is C22H25ClN2O2. The number of anilines is 1. The number of amides is 1. The molecule has 142 valence electrons. The quantitative estimate of drug-likeness (QED) is 0.743. The van der Waals surface area contributed by atoms with E-state index in [4.69, 9.17) is 16.3 Å². The lowest BCUT2D eigenvalue weighted by molar-refractivity contribution is -0.116. The first-order valence-electron chi connectivity index (χ1n) is 9.62. The van der Waals surface area contributed by atoms with Crippen LogP contribution in [0.3, 0.4) is 0 Å². The minimum atomic E-state index is -0.00695. The summed E-state index contributed by atoms with van der Waals surface area (Å²) >= 11 is 6.05. The van der Waals surface area contributed by atoms with E-state index in [2.05, 4.69) is 34.5 Å². The third-order valence-electron chi connectivity index (χ3n) is 5.55. The number of carbonyl (C=O) groups is 1. The molecule has 5 heteroatoms. The Hall–Kier alpha value is -2.04. The Morgan fingerprint density at radius 3 is 2.81 bits per heavy atom. The highest BCUT2D eigenvalue weighted by Crippen LogP contribution is 2.41. The molecule has 0 spiro atoms. The van der Waals surface area contributed by atoms with Crippen molar-refractivity contribution in [2.75, 3.05) is 19.0 Å². The Morgan fingerprint density at radius 1 is 1.22 bits per heavy atom. The van der Waals surface area contributed by atoms with Crippen molar-refractivity contribution in [3.8, 4) is 5.75 Å². The summed E-state index contributed by atoms with van der Waals surface area (Å²) in [5.74, 6) is 0.615. The summed E-state index contributed by atoms with van der Waals surface area (Å²) in [6.07, 6.45) is 5.23. The number of nitrogens with one attached hydrogen (secondary N) is 1. The zero-order chi connectivity index (χ0) is 18.8. The molecule has 2 aliphatic carbocycles. The lowest BCUT2D eigenvalue weighted by Gasteiger charge is -2.29. The smallest absolute Gasteiger partial charge is 0.225 e. The van der Waals surface area contributed by atoms with E-state index in [1.165, 1.54) is 24.0 Å². The van der Waals surface area contributed by atoms with Crippen LogP contribution in [-0.2, 0) is 11.2 Å². The maximum Gasteiger partial charge on any atom is 0.225 e. The zero-order valence-electron chi connectivity index (χ0n) is 15.6. The van der Waals surface area contributed by atoms with Crippen molar-refractivity contribution in [1.82, 2.24) is 4.90 Å². The number of aryl methyl sites for hydroxylation is 1. The van der Waals surface area contributed by atoms with E-state index in [-0.39, 0.29) is 5.91 Å². The number of benzene rings is 2. The number of halogens is 1. The Labute approximate surface area is 165 Å². The predicted octanol–water partition coefficient (Wildman–Crippen LogP) is 4.83. The van der Waals surface area contributed by atoms with Crippen LogP contribution in [0.5, 0.6) is 5.75 Å². The normalized spacial score (nSPS) is 18.4. The fourth-order valence-electron chi connectivity index (χ4n) is 4.10. The van der Waals surface area contributed by atoms with Gasteiger partial charge in [-0.3, -0.25) is 9.69 Å². The molecule has 4 nitrogen and oxygen atoms in total. The molecule has 1 unspecified atom stereocenters. The Balaban J connectivity index is 1.41. The number of fused-ring (bicyclic) bond motifs is 1. The lowest BCUT2D eigenvalue weighted by atomic mass is 10.1. The first-order valence-corrected chi connectivity index (χ1v) is 10.0. The van der Waals surface area contributed by atoms with Gasteiger partial charge in [0.15, 0.2) is 0 Å². The molecule has 0 aliphatic heterocycles.